The van der Waals surface area contributed by atoms with E-state index in [0.717, 1.165) is 24.8 Å². The predicted octanol–water partition coefficient (Wildman–Crippen LogP) is 1.82. The highest BCUT2D eigenvalue weighted by atomic mass is 19.1. The summed E-state index contributed by atoms with van der Waals surface area (Å²) >= 11 is 0. The third-order valence-electron chi connectivity index (χ3n) is 2.72. The number of aliphatic imine (C=N–C) groups is 1. The highest BCUT2D eigenvalue weighted by Gasteiger charge is 2.20. The average Bonchev–Trinajstić information content (AvgIpc) is 3.05. The summed E-state index contributed by atoms with van der Waals surface area (Å²) in [6, 6.07) is 7.17. The van der Waals surface area contributed by atoms with Crippen molar-refractivity contribution in [3.63, 3.8) is 0 Å². The predicted molar refractivity (Wildman–Crippen MR) is 67.3 cm³/mol. The van der Waals surface area contributed by atoms with E-state index in [1.165, 1.54) is 12.1 Å². The van der Waals surface area contributed by atoms with Crippen LogP contribution < -0.4 is 11.1 Å². The molecule has 0 aromatic heterocycles. The van der Waals surface area contributed by atoms with Gasteiger partial charge in [-0.05, 0) is 43.9 Å². The summed E-state index contributed by atoms with van der Waals surface area (Å²) in [5.74, 6) is 0.311. The zero-order valence-corrected chi connectivity index (χ0v) is 9.99. The van der Waals surface area contributed by atoms with Gasteiger partial charge in [-0.3, -0.25) is 4.99 Å². The molecule has 92 valence electrons. The molecule has 3 nitrogen and oxygen atoms in total. The second-order valence-electron chi connectivity index (χ2n) is 4.62. The summed E-state index contributed by atoms with van der Waals surface area (Å²) in [6.45, 7) is 2.04. The summed E-state index contributed by atoms with van der Waals surface area (Å²) in [7, 11) is 0. The summed E-state index contributed by atoms with van der Waals surface area (Å²) in [5.41, 5.74) is 6.86. The van der Waals surface area contributed by atoms with Gasteiger partial charge in [0.25, 0.3) is 0 Å². The molecule has 0 aliphatic heterocycles. The first-order valence-electron chi connectivity index (χ1n) is 5.98. The van der Waals surface area contributed by atoms with Crippen molar-refractivity contribution in [3.05, 3.63) is 35.6 Å². The van der Waals surface area contributed by atoms with Crippen molar-refractivity contribution in [2.24, 2.45) is 10.7 Å². The van der Waals surface area contributed by atoms with Crippen molar-refractivity contribution >= 4 is 5.96 Å². The van der Waals surface area contributed by atoms with Crippen molar-refractivity contribution in [2.45, 2.75) is 38.3 Å². The molecule has 0 heterocycles. The molecule has 0 saturated heterocycles. The Morgan fingerprint density at radius 3 is 2.71 bits per heavy atom. The third-order valence-corrected chi connectivity index (χ3v) is 2.72. The highest BCUT2D eigenvalue weighted by Crippen LogP contribution is 2.22. The number of guanidine groups is 1. The lowest BCUT2D eigenvalue weighted by Crippen LogP contribution is -2.39. The molecule has 0 bridgehead atoms. The van der Waals surface area contributed by atoms with Gasteiger partial charge in [0.05, 0.1) is 6.04 Å². The van der Waals surface area contributed by atoms with Gasteiger partial charge in [0, 0.05) is 6.04 Å². The molecule has 0 spiro atoms. The number of halogens is 1. The molecule has 1 saturated carbocycles. The van der Waals surface area contributed by atoms with Gasteiger partial charge in [-0.2, -0.15) is 0 Å². The van der Waals surface area contributed by atoms with Gasteiger partial charge in [-0.25, -0.2) is 4.39 Å². The zero-order valence-electron chi connectivity index (χ0n) is 9.99. The highest BCUT2D eigenvalue weighted by molar-refractivity contribution is 5.78. The summed E-state index contributed by atoms with van der Waals surface area (Å²) in [5, 5.41) is 3.15. The van der Waals surface area contributed by atoms with Gasteiger partial charge in [-0.15, -0.1) is 0 Å². The number of rotatable bonds is 4. The lowest BCUT2D eigenvalue weighted by Gasteiger charge is -2.14. The van der Waals surface area contributed by atoms with Crippen LogP contribution in [0.2, 0.25) is 0 Å². The Morgan fingerprint density at radius 2 is 2.12 bits per heavy atom. The lowest BCUT2D eigenvalue weighted by atomic mass is 10.1. The molecule has 1 aliphatic rings. The van der Waals surface area contributed by atoms with E-state index < -0.39 is 0 Å². The molecular weight excluding hydrogens is 217 g/mol. The van der Waals surface area contributed by atoms with E-state index in [1.54, 1.807) is 12.1 Å². The number of nitrogens with one attached hydrogen (secondary N) is 1. The topological polar surface area (TPSA) is 50.4 Å². The van der Waals surface area contributed by atoms with Crippen molar-refractivity contribution in [1.29, 1.82) is 0 Å². The molecule has 0 amide bonds. The number of nitrogens with two attached hydrogens (primary N) is 1. The second kappa shape index (κ2) is 5.17. The van der Waals surface area contributed by atoms with Crippen LogP contribution >= 0.6 is 0 Å². The fraction of sp³-hybridized carbons (Fsp3) is 0.462. The Balaban J connectivity index is 1.83. The van der Waals surface area contributed by atoms with E-state index in [2.05, 4.69) is 10.3 Å². The molecule has 1 fully saturated rings. The van der Waals surface area contributed by atoms with Crippen LogP contribution in [0.3, 0.4) is 0 Å². The van der Waals surface area contributed by atoms with Crippen molar-refractivity contribution in [1.82, 2.24) is 5.32 Å². The van der Waals surface area contributed by atoms with Gasteiger partial charge >= 0.3 is 0 Å². The maximum absolute atomic E-state index is 12.7. The normalized spacial score (nSPS) is 17.9. The molecule has 1 unspecified atom stereocenters. The van der Waals surface area contributed by atoms with Crippen molar-refractivity contribution < 1.29 is 4.39 Å². The minimum absolute atomic E-state index is 0.197. The monoisotopic (exact) mass is 235 g/mol. The van der Waals surface area contributed by atoms with E-state index >= 15 is 0 Å². The SMILES string of the molecule is CC(Cc1ccc(F)cc1)NC(N)=NC1CC1. The Kier molecular flexibility index (Phi) is 3.61. The second-order valence-corrected chi connectivity index (χ2v) is 4.62. The molecule has 4 heteroatoms. The van der Waals surface area contributed by atoms with E-state index in [9.17, 15) is 4.39 Å². The third kappa shape index (κ3) is 4.06. The Hall–Kier alpha value is -1.58. The Bertz CT molecular complexity index is 396. The molecule has 17 heavy (non-hydrogen) atoms. The summed E-state index contributed by atoms with van der Waals surface area (Å²) in [4.78, 5) is 4.31. The van der Waals surface area contributed by atoms with Crippen LogP contribution in [0, 0.1) is 5.82 Å². The molecule has 2 rings (SSSR count). The Morgan fingerprint density at radius 1 is 1.47 bits per heavy atom. The van der Waals surface area contributed by atoms with E-state index in [0.29, 0.717) is 12.0 Å². The number of nitrogens with zero attached hydrogens (tertiary/aromatic N) is 1. The van der Waals surface area contributed by atoms with E-state index in [1.807, 2.05) is 6.92 Å². The fourth-order valence-electron chi connectivity index (χ4n) is 1.72. The van der Waals surface area contributed by atoms with Crippen molar-refractivity contribution in [2.75, 3.05) is 0 Å². The molecule has 1 atom stereocenters. The van der Waals surface area contributed by atoms with Gasteiger partial charge in [0.1, 0.15) is 5.82 Å². The van der Waals surface area contributed by atoms with Crippen LogP contribution in [0.1, 0.15) is 25.3 Å². The van der Waals surface area contributed by atoms with Gasteiger partial charge < -0.3 is 11.1 Å². The minimum atomic E-state index is -0.204. The van der Waals surface area contributed by atoms with Gasteiger partial charge in [0.15, 0.2) is 5.96 Å². The molecule has 0 radical (unpaired) electrons. The van der Waals surface area contributed by atoms with Gasteiger partial charge in [0.2, 0.25) is 0 Å². The standard InChI is InChI=1S/C13H18FN3/c1-9(16-13(15)17-12-6-7-12)8-10-2-4-11(14)5-3-10/h2-5,9,12H,6-8H2,1H3,(H3,15,16,17). The van der Waals surface area contributed by atoms with Gasteiger partial charge in [-0.1, -0.05) is 12.1 Å². The first-order chi connectivity index (χ1) is 8.13. The number of hydrogen-bond acceptors (Lipinski definition) is 1. The lowest BCUT2D eigenvalue weighted by molar-refractivity contribution is 0.622. The Labute approximate surface area is 101 Å². The summed E-state index contributed by atoms with van der Waals surface area (Å²) in [6.07, 6.45) is 3.10. The number of hydrogen-bond donors (Lipinski definition) is 2. The number of benzene rings is 1. The largest absolute Gasteiger partial charge is 0.370 e. The maximum Gasteiger partial charge on any atom is 0.189 e. The molecule has 1 aromatic carbocycles. The quantitative estimate of drug-likeness (QED) is 0.618. The van der Waals surface area contributed by atoms with E-state index in [-0.39, 0.29) is 11.9 Å². The first kappa shape index (κ1) is 11.9. The first-order valence-corrected chi connectivity index (χ1v) is 5.98. The zero-order chi connectivity index (χ0) is 12.3. The van der Waals surface area contributed by atoms with Crippen LogP contribution in [-0.2, 0) is 6.42 Å². The molecule has 3 N–H and O–H groups in total. The van der Waals surface area contributed by atoms with Crippen LogP contribution in [0.4, 0.5) is 4.39 Å². The van der Waals surface area contributed by atoms with Crippen LogP contribution in [0.5, 0.6) is 0 Å². The van der Waals surface area contributed by atoms with Crippen LogP contribution in [0.15, 0.2) is 29.3 Å². The van der Waals surface area contributed by atoms with Crippen molar-refractivity contribution in [3.8, 4) is 0 Å². The molecule has 1 aromatic rings. The smallest absolute Gasteiger partial charge is 0.189 e. The minimum Gasteiger partial charge on any atom is -0.370 e. The summed E-state index contributed by atoms with van der Waals surface area (Å²) < 4.78 is 12.7. The maximum atomic E-state index is 12.7. The van der Waals surface area contributed by atoms with Crippen LogP contribution in [-0.4, -0.2) is 18.0 Å². The molecule has 1 aliphatic carbocycles. The van der Waals surface area contributed by atoms with Crippen LogP contribution in [0.25, 0.3) is 0 Å². The fourth-order valence-corrected chi connectivity index (χ4v) is 1.72. The van der Waals surface area contributed by atoms with E-state index in [4.69, 9.17) is 5.73 Å². The molecular formula is C13H18FN3. The average molecular weight is 235 g/mol.